The molecule has 2 aromatic rings. The number of carbonyl (C=O) groups excluding carboxylic acids is 2. The first-order chi connectivity index (χ1) is 13.0. The first kappa shape index (κ1) is 19.7. The Labute approximate surface area is 168 Å². The second-order valence-corrected chi connectivity index (χ2v) is 8.08. The second-order valence-electron chi connectivity index (χ2n) is 6.64. The fourth-order valence-electron chi connectivity index (χ4n) is 3.24. The van der Waals surface area contributed by atoms with Crippen molar-refractivity contribution in [2.24, 2.45) is 0 Å². The number of nitrogens with zero attached hydrogens (tertiary/aromatic N) is 2. The highest BCUT2D eigenvalue weighted by Crippen LogP contribution is 2.25. The third-order valence-corrected chi connectivity index (χ3v) is 6.05. The average molecular weight is 407 g/mol. The van der Waals surface area contributed by atoms with Crippen molar-refractivity contribution in [1.82, 2.24) is 9.80 Å². The monoisotopic (exact) mass is 406 g/mol. The van der Waals surface area contributed by atoms with Crippen LogP contribution in [0, 0.1) is 0 Å². The molecule has 3 rings (SSSR count). The lowest BCUT2D eigenvalue weighted by atomic mass is 10.1. The van der Waals surface area contributed by atoms with E-state index in [2.05, 4.69) is 11.4 Å². The standard InChI is InChI=1S/C20H23ClN2O3S/c1-22(12-15-11-16(21)3-4-17(15)26-2)19(24)5-6-20(25)23-9-7-18-14(13-23)8-10-27-18/h3-4,8,10-11H,5-7,9,12-13H2,1-2H3. The minimum Gasteiger partial charge on any atom is -0.496 e. The van der Waals surface area contributed by atoms with Crippen LogP contribution in [0.5, 0.6) is 5.75 Å². The quantitative estimate of drug-likeness (QED) is 0.734. The number of carbonyl (C=O) groups is 2. The van der Waals surface area contributed by atoms with Crippen molar-refractivity contribution in [1.29, 1.82) is 0 Å². The Morgan fingerprint density at radius 1 is 1.30 bits per heavy atom. The molecule has 2 heterocycles. The minimum atomic E-state index is -0.0707. The van der Waals surface area contributed by atoms with Crippen LogP contribution in [0.25, 0.3) is 0 Å². The molecule has 0 aliphatic carbocycles. The molecule has 0 saturated heterocycles. The Bertz CT molecular complexity index is 836. The van der Waals surface area contributed by atoms with Gasteiger partial charge in [-0.05, 0) is 41.6 Å². The van der Waals surface area contributed by atoms with Crippen LogP contribution in [0.4, 0.5) is 0 Å². The lowest BCUT2D eigenvalue weighted by Gasteiger charge is -2.27. The van der Waals surface area contributed by atoms with Gasteiger partial charge in [0.1, 0.15) is 5.75 Å². The number of thiophene rings is 1. The Morgan fingerprint density at radius 3 is 2.89 bits per heavy atom. The third kappa shape index (κ3) is 4.82. The van der Waals surface area contributed by atoms with Gasteiger partial charge in [0.05, 0.1) is 7.11 Å². The SMILES string of the molecule is COc1ccc(Cl)cc1CN(C)C(=O)CCC(=O)N1CCc2sccc2C1. The summed E-state index contributed by atoms with van der Waals surface area (Å²) in [5.41, 5.74) is 2.07. The van der Waals surface area contributed by atoms with Crippen molar-refractivity contribution < 1.29 is 14.3 Å². The van der Waals surface area contributed by atoms with Gasteiger partial charge >= 0.3 is 0 Å². The highest BCUT2D eigenvalue weighted by atomic mass is 35.5. The maximum absolute atomic E-state index is 12.5. The topological polar surface area (TPSA) is 49.9 Å². The zero-order valence-corrected chi connectivity index (χ0v) is 17.1. The van der Waals surface area contributed by atoms with E-state index in [9.17, 15) is 9.59 Å². The average Bonchev–Trinajstić information content (AvgIpc) is 3.13. The van der Waals surface area contributed by atoms with Crippen LogP contribution in [-0.4, -0.2) is 42.3 Å². The minimum absolute atomic E-state index is 0.0361. The molecule has 0 spiro atoms. The van der Waals surface area contributed by atoms with Crippen LogP contribution in [-0.2, 0) is 29.1 Å². The van der Waals surface area contributed by atoms with Crippen LogP contribution < -0.4 is 4.74 Å². The largest absolute Gasteiger partial charge is 0.496 e. The molecule has 7 heteroatoms. The summed E-state index contributed by atoms with van der Waals surface area (Å²) in [7, 11) is 3.32. The number of methoxy groups -OCH3 is 1. The summed E-state index contributed by atoms with van der Waals surface area (Å²) in [6.07, 6.45) is 1.34. The molecule has 0 bridgehead atoms. The van der Waals surface area contributed by atoms with Crippen LogP contribution in [0.2, 0.25) is 5.02 Å². The Kier molecular flexibility index (Phi) is 6.39. The van der Waals surface area contributed by atoms with Gasteiger partial charge < -0.3 is 14.5 Å². The molecule has 0 radical (unpaired) electrons. The number of halogens is 1. The third-order valence-electron chi connectivity index (χ3n) is 4.79. The molecule has 1 aromatic carbocycles. The maximum atomic E-state index is 12.5. The van der Waals surface area contributed by atoms with Gasteiger partial charge in [-0.15, -0.1) is 11.3 Å². The van der Waals surface area contributed by atoms with E-state index in [0.717, 1.165) is 18.5 Å². The summed E-state index contributed by atoms with van der Waals surface area (Å²) in [6, 6.07) is 7.41. The summed E-state index contributed by atoms with van der Waals surface area (Å²) in [5.74, 6) is 0.655. The van der Waals surface area contributed by atoms with Crippen LogP contribution >= 0.6 is 22.9 Å². The summed E-state index contributed by atoms with van der Waals surface area (Å²) in [5, 5.41) is 2.67. The summed E-state index contributed by atoms with van der Waals surface area (Å²) < 4.78 is 5.32. The van der Waals surface area contributed by atoms with Gasteiger partial charge in [-0.1, -0.05) is 11.6 Å². The highest BCUT2D eigenvalue weighted by molar-refractivity contribution is 7.10. The first-order valence-electron chi connectivity index (χ1n) is 8.87. The Balaban J connectivity index is 1.52. The fourth-order valence-corrected chi connectivity index (χ4v) is 4.32. The smallest absolute Gasteiger partial charge is 0.223 e. The van der Waals surface area contributed by atoms with Gasteiger partial charge in [-0.2, -0.15) is 0 Å². The van der Waals surface area contributed by atoms with Crippen LogP contribution in [0.15, 0.2) is 29.6 Å². The van der Waals surface area contributed by atoms with E-state index in [0.29, 0.717) is 23.9 Å². The first-order valence-corrected chi connectivity index (χ1v) is 10.1. The molecule has 0 N–H and O–H groups in total. The van der Waals surface area contributed by atoms with Crippen molar-refractivity contribution >= 4 is 34.8 Å². The molecular formula is C20H23ClN2O3S. The van der Waals surface area contributed by atoms with Crippen molar-refractivity contribution in [3.05, 3.63) is 50.7 Å². The van der Waals surface area contributed by atoms with Gasteiger partial charge in [0.15, 0.2) is 0 Å². The van der Waals surface area contributed by atoms with E-state index in [1.54, 1.807) is 48.6 Å². The molecular weight excluding hydrogens is 384 g/mol. The molecule has 2 amide bonds. The van der Waals surface area contributed by atoms with E-state index in [4.69, 9.17) is 16.3 Å². The molecule has 1 aliphatic rings. The Morgan fingerprint density at radius 2 is 2.11 bits per heavy atom. The van der Waals surface area contributed by atoms with Gasteiger partial charge in [-0.25, -0.2) is 0 Å². The van der Waals surface area contributed by atoms with Crippen molar-refractivity contribution in [3.8, 4) is 5.75 Å². The predicted octanol–water partition coefficient (Wildman–Crippen LogP) is 3.73. The number of benzene rings is 1. The molecule has 0 atom stereocenters. The van der Waals surface area contributed by atoms with Gasteiger partial charge in [-0.3, -0.25) is 9.59 Å². The molecule has 1 aromatic heterocycles. The molecule has 1 aliphatic heterocycles. The van der Waals surface area contributed by atoms with E-state index in [1.807, 2.05) is 4.90 Å². The van der Waals surface area contributed by atoms with Gasteiger partial charge in [0.2, 0.25) is 11.8 Å². The number of fused-ring (bicyclic) bond motifs is 1. The van der Waals surface area contributed by atoms with Gasteiger partial charge in [0, 0.05) is 55.0 Å². The van der Waals surface area contributed by atoms with Crippen LogP contribution in [0.1, 0.15) is 28.8 Å². The maximum Gasteiger partial charge on any atom is 0.223 e. The molecule has 0 fully saturated rings. The number of hydrogen-bond donors (Lipinski definition) is 0. The Hall–Kier alpha value is -2.05. The normalized spacial score (nSPS) is 13.2. The zero-order valence-electron chi connectivity index (χ0n) is 15.5. The van der Waals surface area contributed by atoms with Crippen molar-refractivity contribution in [2.45, 2.75) is 32.4 Å². The number of amides is 2. The highest BCUT2D eigenvalue weighted by Gasteiger charge is 2.22. The number of hydrogen-bond acceptors (Lipinski definition) is 4. The fraction of sp³-hybridized carbons (Fsp3) is 0.400. The molecule has 0 saturated carbocycles. The van der Waals surface area contributed by atoms with E-state index in [1.165, 1.54) is 10.4 Å². The number of rotatable bonds is 6. The molecule has 5 nitrogen and oxygen atoms in total. The molecule has 0 unspecified atom stereocenters. The summed E-state index contributed by atoms with van der Waals surface area (Å²) in [4.78, 5) is 29.8. The van der Waals surface area contributed by atoms with Crippen molar-refractivity contribution in [3.63, 3.8) is 0 Å². The predicted molar refractivity (Wildman–Crippen MR) is 107 cm³/mol. The van der Waals surface area contributed by atoms with Crippen molar-refractivity contribution in [2.75, 3.05) is 20.7 Å². The van der Waals surface area contributed by atoms with E-state index < -0.39 is 0 Å². The van der Waals surface area contributed by atoms with E-state index in [-0.39, 0.29) is 24.7 Å². The lowest BCUT2D eigenvalue weighted by molar-refractivity contribution is -0.137. The number of ether oxygens (including phenoxy) is 1. The summed E-state index contributed by atoms with van der Waals surface area (Å²) >= 11 is 7.79. The van der Waals surface area contributed by atoms with E-state index >= 15 is 0 Å². The van der Waals surface area contributed by atoms with Gasteiger partial charge in [0.25, 0.3) is 0 Å². The lowest BCUT2D eigenvalue weighted by Crippen LogP contribution is -2.36. The molecule has 27 heavy (non-hydrogen) atoms. The zero-order chi connectivity index (χ0) is 19.4. The second kappa shape index (κ2) is 8.76. The summed E-state index contributed by atoms with van der Waals surface area (Å²) in [6.45, 7) is 1.77. The van der Waals surface area contributed by atoms with Crippen LogP contribution in [0.3, 0.4) is 0 Å². The molecule has 144 valence electrons.